The average Bonchev–Trinajstić information content (AvgIpc) is 2.78. The van der Waals surface area contributed by atoms with Crippen LogP contribution >= 0.6 is 0 Å². The van der Waals surface area contributed by atoms with Crippen molar-refractivity contribution in [2.45, 2.75) is 13.3 Å². The van der Waals surface area contributed by atoms with E-state index in [1.807, 2.05) is 6.07 Å². The number of aliphatic hydroxyl groups is 1. The molecule has 2 nitrogen and oxygen atoms in total. The fourth-order valence-electron chi connectivity index (χ4n) is 2.44. The molecule has 1 aliphatic rings. The van der Waals surface area contributed by atoms with Crippen LogP contribution < -0.4 is 0 Å². The standard InChI is InChI=1S/C15H21NO/c1-13(9-14-5-3-2-4-6-14)10-16-8-7-15(11-16)12-17/h2-6,9,15,17H,7-8,10-12H2,1H3/b13-9-. The molecule has 0 aromatic heterocycles. The van der Waals surface area contributed by atoms with Gasteiger partial charge in [-0.2, -0.15) is 0 Å². The highest BCUT2D eigenvalue weighted by molar-refractivity contribution is 5.52. The Morgan fingerprint density at radius 2 is 2.18 bits per heavy atom. The summed E-state index contributed by atoms with van der Waals surface area (Å²) in [5.74, 6) is 0.486. The first-order valence-corrected chi connectivity index (χ1v) is 6.33. The number of hydrogen-bond donors (Lipinski definition) is 1. The van der Waals surface area contributed by atoms with Gasteiger partial charge in [0.15, 0.2) is 0 Å². The van der Waals surface area contributed by atoms with E-state index in [4.69, 9.17) is 5.11 Å². The largest absolute Gasteiger partial charge is 0.396 e. The fraction of sp³-hybridized carbons (Fsp3) is 0.467. The molecule has 1 saturated heterocycles. The highest BCUT2D eigenvalue weighted by atomic mass is 16.3. The van der Waals surface area contributed by atoms with Crippen LogP contribution in [0, 0.1) is 5.92 Å². The lowest BCUT2D eigenvalue weighted by molar-refractivity contribution is 0.224. The van der Waals surface area contributed by atoms with Gasteiger partial charge in [0.25, 0.3) is 0 Å². The molecule has 0 bridgehead atoms. The molecule has 0 saturated carbocycles. The van der Waals surface area contributed by atoms with Crippen LogP contribution in [0.4, 0.5) is 0 Å². The van der Waals surface area contributed by atoms with Gasteiger partial charge in [-0.15, -0.1) is 0 Å². The van der Waals surface area contributed by atoms with E-state index in [2.05, 4.69) is 42.2 Å². The molecule has 0 radical (unpaired) electrons. The summed E-state index contributed by atoms with van der Waals surface area (Å²) >= 11 is 0. The summed E-state index contributed by atoms with van der Waals surface area (Å²) in [6, 6.07) is 10.4. The monoisotopic (exact) mass is 231 g/mol. The molecule has 1 heterocycles. The van der Waals surface area contributed by atoms with E-state index in [1.54, 1.807) is 0 Å². The topological polar surface area (TPSA) is 23.5 Å². The Bertz CT molecular complexity index is 372. The van der Waals surface area contributed by atoms with Gasteiger partial charge < -0.3 is 5.11 Å². The molecule has 0 spiro atoms. The third-order valence-corrected chi connectivity index (χ3v) is 3.31. The van der Waals surface area contributed by atoms with Crippen molar-refractivity contribution in [1.82, 2.24) is 4.90 Å². The zero-order chi connectivity index (χ0) is 12.1. The van der Waals surface area contributed by atoms with Crippen LogP contribution in [-0.4, -0.2) is 36.2 Å². The van der Waals surface area contributed by atoms with Gasteiger partial charge in [-0.1, -0.05) is 42.0 Å². The zero-order valence-electron chi connectivity index (χ0n) is 10.5. The van der Waals surface area contributed by atoms with E-state index in [9.17, 15) is 0 Å². The molecule has 1 aromatic carbocycles. The van der Waals surface area contributed by atoms with Crippen LogP contribution in [0.1, 0.15) is 18.9 Å². The van der Waals surface area contributed by atoms with E-state index in [0.29, 0.717) is 12.5 Å². The molecule has 2 heteroatoms. The molecule has 1 aromatic rings. The fourth-order valence-corrected chi connectivity index (χ4v) is 2.44. The van der Waals surface area contributed by atoms with Crippen molar-refractivity contribution in [3.63, 3.8) is 0 Å². The van der Waals surface area contributed by atoms with Crippen LogP contribution in [0.2, 0.25) is 0 Å². The molecule has 1 unspecified atom stereocenters. The quantitative estimate of drug-likeness (QED) is 0.860. The third-order valence-electron chi connectivity index (χ3n) is 3.31. The molecule has 1 N–H and O–H groups in total. The summed E-state index contributed by atoms with van der Waals surface area (Å²) < 4.78 is 0. The van der Waals surface area contributed by atoms with Crippen LogP contribution in [0.15, 0.2) is 35.9 Å². The lowest BCUT2D eigenvalue weighted by Crippen LogP contribution is -2.23. The first kappa shape index (κ1) is 12.3. The Labute approximate surface area is 104 Å². The molecule has 1 aliphatic heterocycles. The second-order valence-electron chi connectivity index (χ2n) is 4.97. The maximum atomic E-state index is 9.11. The van der Waals surface area contributed by atoms with E-state index >= 15 is 0 Å². The maximum absolute atomic E-state index is 9.11. The lowest BCUT2D eigenvalue weighted by Gasteiger charge is -2.15. The van der Waals surface area contributed by atoms with Gasteiger partial charge in [-0.05, 0) is 31.4 Å². The molecular weight excluding hydrogens is 210 g/mol. The SMILES string of the molecule is C/C(=C/c1ccccc1)CN1CCC(CO)C1. The zero-order valence-corrected chi connectivity index (χ0v) is 10.5. The molecule has 1 atom stereocenters. The molecule has 0 amide bonds. The summed E-state index contributed by atoms with van der Waals surface area (Å²) in [4.78, 5) is 2.43. The van der Waals surface area contributed by atoms with Crippen LogP contribution in [0.3, 0.4) is 0 Å². The van der Waals surface area contributed by atoms with Crippen molar-refractivity contribution in [3.05, 3.63) is 41.5 Å². The van der Waals surface area contributed by atoms with Crippen LogP contribution in [0.25, 0.3) is 6.08 Å². The summed E-state index contributed by atoms with van der Waals surface area (Å²) in [5.41, 5.74) is 2.65. The smallest absolute Gasteiger partial charge is 0.0471 e. The number of nitrogens with zero attached hydrogens (tertiary/aromatic N) is 1. The maximum Gasteiger partial charge on any atom is 0.0471 e. The Hall–Kier alpha value is -1.12. The second kappa shape index (κ2) is 5.99. The molecule has 0 aliphatic carbocycles. The second-order valence-corrected chi connectivity index (χ2v) is 4.97. The van der Waals surface area contributed by atoms with Crippen LogP contribution in [-0.2, 0) is 0 Å². The van der Waals surface area contributed by atoms with Crippen molar-refractivity contribution in [3.8, 4) is 0 Å². The van der Waals surface area contributed by atoms with Crippen molar-refractivity contribution >= 4 is 6.08 Å². The lowest BCUT2D eigenvalue weighted by atomic mass is 10.1. The number of aliphatic hydroxyl groups excluding tert-OH is 1. The van der Waals surface area contributed by atoms with Crippen molar-refractivity contribution in [1.29, 1.82) is 0 Å². The van der Waals surface area contributed by atoms with Crippen LogP contribution in [0.5, 0.6) is 0 Å². The average molecular weight is 231 g/mol. The summed E-state index contributed by atoms with van der Waals surface area (Å²) in [5, 5.41) is 9.11. The Morgan fingerprint density at radius 3 is 2.82 bits per heavy atom. The van der Waals surface area contributed by atoms with Crippen molar-refractivity contribution < 1.29 is 5.11 Å². The summed E-state index contributed by atoms with van der Waals surface area (Å²) in [7, 11) is 0. The Balaban J connectivity index is 1.89. The van der Waals surface area contributed by atoms with Crippen molar-refractivity contribution in [2.75, 3.05) is 26.2 Å². The first-order chi connectivity index (χ1) is 8.28. The van der Waals surface area contributed by atoms with Crippen molar-refractivity contribution in [2.24, 2.45) is 5.92 Å². The van der Waals surface area contributed by atoms with Gasteiger partial charge in [0, 0.05) is 19.7 Å². The third kappa shape index (κ3) is 3.69. The van der Waals surface area contributed by atoms with Gasteiger partial charge in [0.2, 0.25) is 0 Å². The molecular formula is C15H21NO. The van der Waals surface area contributed by atoms with Gasteiger partial charge in [-0.3, -0.25) is 4.90 Å². The van der Waals surface area contributed by atoms with Gasteiger partial charge in [-0.25, -0.2) is 0 Å². The predicted octanol–water partition coefficient (Wildman–Crippen LogP) is 2.40. The number of hydrogen-bond acceptors (Lipinski definition) is 2. The Kier molecular flexibility index (Phi) is 4.35. The van der Waals surface area contributed by atoms with E-state index in [1.165, 1.54) is 11.1 Å². The van der Waals surface area contributed by atoms with E-state index in [0.717, 1.165) is 26.1 Å². The number of likely N-dealkylation sites (tertiary alicyclic amines) is 1. The highest BCUT2D eigenvalue weighted by Gasteiger charge is 2.21. The Morgan fingerprint density at radius 1 is 1.41 bits per heavy atom. The predicted molar refractivity (Wildman–Crippen MR) is 71.7 cm³/mol. The minimum atomic E-state index is 0.331. The van der Waals surface area contributed by atoms with Gasteiger partial charge in [0.05, 0.1) is 0 Å². The van der Waals surface area contributed by atoms with E-state index < -0.39 is 0 Å². The van der Waals surface area contributed by atoms with E-state index in [-0.39, 0.29) is 0 Å². The normalized spacial score (nSPS) is 22.0. The van der Waals surface area contributed by atoms with Gasteiger partial charge in [0.1, 0.15) is 0 Å². The molecule has 92 valence electrons. The summed E-state index contributed by atoms with van der Waals surface area (Å²) in [6.07, 6.45) is 3.38. The highest BCUT2D eigenvalue weighted by Crippen LogP contribution is 2.17. The number of rotatable bonds is 4. The minimum absolute atomic E-state index is 0.331. The number of benzene rings is 1. The minimum Gasteiger partial charge on any atom is -0.396 e. The molecule has 1 fully saturated rings. The van der Waals surface area contributed by atoms with Gasteiger partial charge >= 0.3 is 0 Å². The first-order valence-electron chi connectivity index (χ1n) is 6.33. The molecule has 2 rings (SSSR count). The molecule has 17 heavy (non-hydrogen) atoms. The summed E-state index contributed by atoms with van der Waals surface area (Å²) in [6.45, 7) is 5.68.